The minimum absolute atomic E-state index is 0.210. The molecule has 1 fully saturated rings. The Hall–Kier alpha value is 0.270. The summed E-state index contributed by atoms with van der Waals surface area (Å²) >= 11 is 2.07. The maximum Gasteiger partial charge on any atom is 0.0427 e. The van der Waals surface area contributed by atoms with Gasteiger partial charge in [0.05, 0.1) is 0 Å². The molecule has 1 heterocycles. The summed E-state index contributed by atoms with van der Waals surface area (Å²) in [6.45, 7) is 10.1. The summed E-state index contributed by atoms with van der Waals surface area (Å²) in [5.74, 6) is 2.46. The molecule has 0 aromatic carbocycles. The van der Waals surface area contributed by atoms with E-state index in [0.29, 0.717) is 11.5 Å². The normalized spacial score (nSPS) is 31.7. The van der Waals surface area contributed by atoms with E-state index in [1.807, 2.05) is 0 Å². The second-order valence-electron chi connectivity index (χ2n) is 6.13. The predicted octanol–water partition coefficient (Wildman–Crippen LogP) is 2.58. The first-order valence-corrected chi connectivity index (χ1v) is 7.53. The lowest BCUT2D eigenvalue weighted by molar-refractivity contribution is 0.0597. The van der Waals surface area contributed by atoms with Crippen molar-refractivity contribution in [2.75, 3.05) is 25.1 Å². The van der Waals surface area contributed by atoms with E-state index in [-0.39, 0.29) is 5.54 Å². The molecule has 0 saturated carbocycles. The van der Waals surface area contributed by atoms with Crippen molar-refractivity contribution in [3.8, 4) is 0 Å². The van der Waals surface area contributed by atoms with Gasteiger partial charge in [0.15, 0.2) is 0 Å². The summed E-state index contributed by atoms with van der Waals surface area (Å²) in [5.41, 5.74) is 6.73. The SMILES string of the molecule is CCC(C)N(C)C1(CN)CSCC(C)(C)C1. The Bertz CT molecular complexity index is 230. The molecule has 2 nitrogen and oxygen atoms in total. The molecule has 0 aromatic rings. The van der Waals surface area contributed by atoms with Crippen LogP contribution in [0.2, 0.25) is 0 Å². The number of nitrogens with two attached hydrogens (primary N) is 1. The molecule has 2 atom stereocenters. The second kappa shape index (κ2) is 5.28. The lowest BCUT2D eigenvalue weighted by Gasteiger charge is -2.51. The summed E-state index contributed by atoms with van der Waals surface area (Å²) in [4.78, 5) is 2.53. The van der Waals surface area contributed by atoms with Crippen molar-refractivity contribution in [3.05, 3.63) is 0 Å². The molecule has 1 saturated heterocycles. The number of nitrogens with zero attached hydrogens (tertiary/aromatic N) is 1. The van der Waals surface area contributed by atoms with Crippen LogP contribution in [-0.4, -0.2) is 41.6 Å². The van der Waals surface area contributed by atoms with E-state index < -0.39 is 0 Å². The van der Waals surface area contributed by atoms with Crippen LogP contribution in [0.25, 0.3) is 0 Å². The van der Waals surface area contributed by atoms with Crippen molar-refractivity contribution < 1.29 is 0 Å². The summed E-state index contributed by atoms with van der Waals surface area (Å²) < 4.78 is 0. The molecular weight excluding hydrogens is 216 g/mol. The van der Waals surface area contributed by atoms with Gasteiger partial charge in [-0.25, -0.2) is 0 Å². The first-order chi connectivity index (χ1) is 7.37. The highest BCUT2D eigenvalue weighted by Crippen LogP contribution is 2.42. The quantitative estimate of drug-likeness (QED) is 0.824. The summed E-state index contributed by atoms with van der Waals surface area (Å²) in [6, 6.07) is 0.623. The zero-order chi connectivity index (χ0) is 12.4. The van der Waals surface area contributed by atoms with Gasteiger partial charge >= 0.3 is 0 Å². The van der Waals surface area contributed by atoms with E-state index in [4.69, 9.17) is 5.73 Å². The fourth-order valence-corrected chi connectivity index (χ4v) is 4.31. The van der Waals surface area contributed by atoms with E-state index in [0.717, 1.165) is 6.54 Å². The number of hydrogen-bond acceptors (Lipinski definition) is 3. The average molecular weight is 244 g/mol. The summed E-state index contributed by atoms with van der Waals surface area (Å²) in [6.07, 6.45) is 2.42. The summed E-state index contributed by atoms with van der Waals surface area (Å²) in [7, 11) is 2.25. The number of hydrogen-bond donors (Lipinski definition) is 1. The average Bonchev–Trinajstić information content (AvgIpc) is 2.25. The van der Waals surface area contributed by atoms with Gasteiger partial charge in [0.25, 0.3) is 0 Å². The van der Waals surface area contributed by atoms with E-state index in [1.54, 1.807) is 0 Å². The van der Waals surface area contributed by atoms with Gasteiger partial charge in [0.2, 0.25) is 0 Å². The van der Waals surface area contributed by atoms with E-state index in [1.165, 1.54) is 24.3 Å². The molecule has 2 unspecified atom stereocenters. The molecule has 0 bridgehead atoms. The number of likely N-dealkylation sites (N-methyl/N-ethyl adjacent to an activating group) is 1. The van der Waals surface area contributed by atoms with Crippen molar-refractivity contribution in [1.29, 1.82) is 0 Å². The van der Waals surface area contributed by atoms with Crippen LogP contribution in [0.1, 0.15) is 40.5 Å². The fourth-order valence-electron chi connectivity index (χ4n) is 2.75. The molecule has 96 valence electrons. The van der Waals surface area contributed by atoms with Crippen LogP contribution in [0.5, 0.6) is 0 Å². The molecule has 0 spiro atoms. The molecule has 0 aliphatic carbocycles. The molecule has 16 heavy (non-hydrogen) atoms. The smallest absolute Gasteiger partial charge is 0.0427 e. The van der Waals surface area contributed by atoms with Crippen LogP contribution in [0.15, 0.2) is 0 Å². The first-order valence-electron chi connectivity index (χ1n) is 6.38. The predicted molar refractivity (Wildman–Crippen MR) is 75.0 cm³/mol. The van der Waals surface area contributed by atoms with Gasteiger partial charge in [-0.05, 0) is 38.0 Å². The molecule has 2 N–H and O–H groups in total. The highest BCUT2D eigenvalue weighted by molar-refractivity contribution is 7.99. The Morgan fingerprint density at radius 3 is 2.44 bits per heavy atom. The Balaban J connectivity index is 2.84. The van der Waals surface area contributed by atoms with Crippen LogP contribution in [-0.2, 0) is 0 Å². The van der Waals surface area contributed by atoms with E-state index >= 15 is 0 Å². The molecule has 0 radical (unpaired) electrons. The maximum absolute atomic E-state index is 6.10. The lowest BCUT2D eigenvalue weighted by Crippen LogP contribution is -2.60. The fraction of sp³-hybridized carbons (Fsp3) is 1.00. The monoisotopic (exact) mass is 244 g/mol. The third-order valence-electron chi connectivity index (χ3n) is 4.05. The molecular formula is C13H28N2S. The van der Waals surface area contributed by atoms with Gasteiger partial charge in [-0.1, -0.05) is 20.8 Å². The van der Waals surface area contributed by atoms with Crippen LogP contribution in [0.4, 0.5) is 0 Å². The van der Waals surface area contributed by atoms with Crippen molar-refractivity contribution in [2.45, 2.75) is 52.1 Å². The van der Waals surface area contributed by atoms with Gasteiger partial charge in [-0.3, -0.25) is 4.90 Å². The molecule has 0 amide bonds. The number of thioether (sulfide) groups is 1. The van der Waals surface area contributed by atoms with Crippen molar-refractivity contribution in [1.82, 2.24) is 4.90 Å². The van der Waals surface area contributed by atoms with Gasteiger partial charge in [-0.15, -0.1) is 0 Å². The zero-order valence-electron chi connectivity index (χ0n) is 11.5. The molecule has 1 aliphatic rings. The van der Waals surface area contributed by atoms with Crippen molar-refractivity contribution >= 4 is 11.8 Å². The highest BCUT2D eigenvalue weighted by atomic mass is 32.2. The Kier molecular flexibility index (Phi) is 4.73. The first kappa shape index (κ1) is 14.3. The highest BCUT2D eigenvalue weighted by Gasteiger charge is 2.43. The van der Waals surface area contributed by atoms with Gasteiger partial charge in [-0.2, -0.15) is 11.8 Å². The van der Waals surface area contributed by atoms with Gasteiger partial charge in [0.1, 0.15) is 0 Å². The van der Waals surface area contributed by atoms with Gasteiger partial charge < -0.3 is 5.73 Å². The largest absolute Gasteiger partial charge is 0.329 e. The van der Waals surface area contributed by atoms with Crippen molar-refractivity contribution in [2.24, 2.45) is 11.1 Å². The van der Waals surface area contributed by atoms with Crippen LogP contribution in [0, 0.1) is 5.41 Å². The topological polar surface area (TPSA) is 29.3 Å². The van der Waals surface area contributed by atoms with Crippen LogP contribution >= 0.6 is 11.8 Å². The summed E-state index contributed by atoms with van der Waals surface area (Å²) in [5, 5.41) is 0. The molecule has 1 rings (SSSR count). The maximum atomic E-state index is 6.10. The third-order valence-corrected chi connectivity index (χ3v) is 5.78. The molecule has 0 aromatic heterocycles. The molecule has 1 aliphatic heterocycles. The van der Waals surface area contributed by atoms with Crippen LogP contribution in [0.3, 0.4) is 0 Å². The minimum atomic E-state index is 0.210. The minimum Gasteiger partial charge on any atom is -0.329 e. The van der Waals surface area contributed by atoms with Gasteiger partial charge in [0, 0.05) is 23.9 Å². The number of rotatable bonds is 4. The third kappa shape index (κ3) is 2.93. The standard InChI is InChI=1S/C13H28N2S/c1-6-11(2)15(5)13(8-14)7-12(3,4)9-16-10-13/h11H,6-10,14H2,1-5H3. The van der Waals surface area contributed by atoms with Crippen LogP contribution < -0.4 is 5.73 Å². The Morgan fingerprint density at radius 1 is 1.38 bits per heavy atom. The van der Waals surface area contributed by atoms with Crippen molar-refractivity contribution in [3.63, 3.8) is 0 Å². The van der Waals surface area contributed by atoms with E-state index in [9.17, 15) is 0 Å². The lowest BCUT2D eigenvalue weighted by atomic mass is 9.78. The zero-order valence-corrected chi connectivity index (χ0v) is 12.4. The Morgan fingerprint density at radius 2 is 2.00 bits per heavy atom. The Labute approximate surface area is 105 Å². The second-order valence-corrected chi connectivity index (χ2v) is 7.12. The molecule has 3 heteroatoms. The van der Waals surface area contributed by atoms with E-state index in [2.05, 4.69) is 51.4 Å².